The van der Waals surface area contributed by atoms with Gasteiger partial charge in [-0.1, -0.05) is 25.0 Å². The maximum atomic E-state index is 12.1. The van der Waals surface area contributed by atoms with E-state index in [1.54, 1.807) is 0 Å². The number of nitrogens with zero attached hydrogens (tertiary/aromatic N) is 2. The molecule has 0 atom stereocenters. The molecule has 28 heavy (non-hydrogen) atoms. The van der Waals surface area contributed by atoms with Crippen LogP contribution >= 0.6 is 0 Å². The third-order valence-corrected chi connectivity index (χ3v) is 5.50. The smallest absolute Gasteiger partial charge is 0.410 e. The molecule has 1 fully saturated rings. The molecule has 1 amide bonds. The van der Waals surface area contributed by atoms with Crippen molar-refractivity contribution >= 4 is 23.3 Å². The Bertz CT molecular complexity index is 811. The lowest BCUT2D eigenvalue weighted by atomic mass is 9.92. The van der Waals surface area contributed by atoms with Gasteiger partial charge in [0.25, 0.3) is 0 Å². The second kappa shape index (κ2) is 8.80. The number of amides is 1. The second-order valence-corrected chi connectivity index (χ2v) is 8.81. The minimum atomic E-state index is -0.428. The van der Waals surface area contributed by atoms with Crippen LogP contribution in [0, 0.1) is 5.92 Å². The predicted molar refractivity (Wildman–Crippen MR) is 112 cm³/mol. The summed E-state index contributed by atoms with van der Waals surface area (Å²) in [5, 5.41) is 1.03. The third kappa shape index (κ3) is 5.15. The molecule has 0 N–H and O–H groups in total. The first-order valence-corrected chi connectivity index (χ1v) is 10.4. The van der Waals surface area contributed by atoms with Crippen LogP contribution < -0.4 is 0 Å². The number of hydrogen-bond acceptors (Lipinski definition) is 3. The number of benzene rings is 1. The fourth-order valence-electron chi connectivity index (χ4n) is 3.99. The molecular weight excluding hydrogens is 352 g/mol. The predicted octanol–water partition coefficient (Wildman–Crippen LogP) is 5.27. The van der Waals surface area contributed by atoms with Gasteiger partial charge < -0.3 is 14.2 Å². The van der Waals surface area contributed by atoms with Crippen molar-refractivity contribution in [2.24, 2.45) is 5.92 Å². The van der Waals surface area contributed by atoms with Gasteiger partial charge in [-0.3, -0.25) is 4.79 Å². The third-order valence-electron chi connectivity index (χ3n) is 5.50. The van der Waals surface area contributed by atoms with Crippen molar-refractivity contribution in [3.8, 4) is 0 Å². The minimum absolute atomic E-state index is 0.180. The van der Waals surface area contributed by atoms with Crippen molar-refractivity contribution < 1.29 is 14.3 Å². The molecule has 3 rings (SSSR count). The van der Waals surface area contributed by atoms with Crippen LogP contribution in [0.2, 0.25) is 0 Å². The van der Waals surface area contributed by atoms with Gasteiger partial charge in [-0.25, -0.2) is 4.79 Å². The molecule has 1 saturated heterocycles. The first kappa shape index (κ1) is 20.4. The topological polar surface area (TPSA) is 51.5 Å². The Morgan fingerprint density at radius 2 is 1.93 bits per heavy atom. The van der Waals surface area contributed by atoms with E-state index in [1.807, 2.05) is 43.9 Å². The quantitative estimate of drug-likeness (QED) is 0.503. The lowest BCUT2D eigenvalue weighted by Crippen LogP contribution is -2.41. The number of carbonyl (C=O) groups is 2. The monoisotopic (exact) mass is 384 g/mol. The molecule has 1 aliphatic heterocycles. The SMILES string of the molecule is CC(C)(C)OC(=O)N1CCC(CCCCn2ccc3c(C=O)cccc32)CC1. The minimum Gasteiger partial charge on any atom is -0.444 e. The number of aromatic nitrogens is 1. The average Bonchev–Trinajstić information content (AvgIpc) is 3.07. The number of unbranched alkanes of at least 4 members (excludes halogenated alkanes) is 1. The van der Waals surface area contributed by atoms with Crippen LogP contribution in [-0.2, 0) is 11.3 Å². The maximum Gasteiger partial charge on any atom is 0.410 e. The summed E-state index contributed by atoms with van der Waals surface area (Å²) in [6.45, 7) is 8.30. The molecule has 2 aromatic rings. The zero-order valence-electron chi connectivity index (χ0n) is 17.3. The fraction of sp³-hybridized carbons (Fsp3) is 0.565. The normalized spacial score (nSPS) is 15.8. The second-order valence-electron chi connectivity index (χ2n) is 8.81. The van der Waals surface area contributed by atoms with E-state index < -0.39 is 5.60 Å². The van der Waals surface area contributed by atoms with E-state index in [0.29, 0.717) is 5.92 Å². The fourth-order valence-corrected chi connectivity index (χ4v) is 3.99. The molecule has 0 unspecified atom stereocenters. The zero-order chi connectivity index (χ0) is 20.1. The first-order chi connectivity index (χ1) is 13.4. The van der Waals surface area contributed by atoms with Gasteiger partial charge in [-0.05, 0) is 58.1 Å². The number of ether oxygens (including phenoxy) is 1. The first-order valence-electron chi connectivity index (χ1n) is 10.4. The number of aldehydes is 1. The molecule has 0 radical (unpaired) electrons. The van der Waals surface area contributed by atoms with Gasteiger partial charge in [0, 0.05) is 42.3 Å². The molecule has 1 aromatic heterocycles. The maximum absolute atomic E-state index is 12.1. The van der Waals surface area contributed by atoms with Crippen LogP contribution in [-0.4, -0.2) is 40.5 Å². The van der Waals surface area contributed by atoms with Crippen molar-refractivity contribution in [3.63, 3.8) is 0 Å². The van der Waals surface area contributed by atoms with Crippen LogP contribution in [0.4, 0.5) is 4.79 Å². The number of piperidine rings is 1. The largest absolute Gasteiger partial charge is 0.444 e. The van der Waals surface area contributed by atoms with Crippen molar-refractivity contribution in [1.29, 1.82) is 0 Å². The van der Waals surface area contributed by atoms with E-state index in [9.17, 15) is 9.59 Å². The summed E-state index contributed by atoms with van der Waals surface area (Å²) >= 11 is 0. The van der Waals surface area contributed by atoms with Crippen LogP contribution in [0.1, 0.15) is 63.2 Å². The van der Waals surface area contributed by atoms with Gasteiger partial charge in [-0.2, -0.15) is 0 Å². The summed E-state index contributed by atoms with van der Waals surface area (Å²) in [5.74, 6) is 0.696. The van der Waals surface area contributed by atoms with E-state index in [-0.39, 0.29) is 6.09 Å². The number of carbonyl (C=O) groups excluding carboxylic acids is 2. The number of fused-ring (bicyclic) bond motifs is 1. The Kier molecular flexibility index (Phi) is 6.42. The van der Waals surface area contributed by atoms with E-state index in [2.05, 4.69) is 16.8 Å². The Labute approximate surface area is 167 Å². The highest BCUT2D eigenvalue weighted by Crippen LogP contribution is 2.25. The summed E-state index contributed by atoms with van der Waals surface area (Å²) < 4.78 is 7.71. The van der Waals surface area contributed by atoms with Gasteiger partial charge in [0.2, 0.25) is 0 Å². The highest BCUT2D eigenvalue weighted by Gasteiger charge is 2.26. The Balaban J connectivity index is 1.40. The van der Waals surface area contributed by atoms with E-state index >= 15 is 0 Å². The Hall–Kier alpha value is -2.30. The van der Waals surface area contributed by atoms with Crippen LogP contribution in [0.5, 0.6) is 0 Å². The number of rotatable bonds is 6. The number of hydrogen-bond donors (Lipinski definition) is 0. The standard InChI is InChI=1S/C23H32N2O3/c1-23(2,3)28-22(27)25-14-10-18(11-15-25)7-4-5-13-24-16-12-20-19(17-26)8-6-9-21(20)24/h6,8-9,12,16-18H,4-5,7,10-11,13-15H2,1-3H3. The summed E-state index contributed by atoms with van der Waals surface area (Å²) in [6.07, 6.45) is 8.47. The molecule has 5 heteroatoms. The van der Waals surface area contributed by atoms with Gasteiger partial charge in [0.1, 0.15) is 5.60 Å². The van der Waals surface area contributed by atoms with Crippen molar-refractivity contribution in [1.82, 2.24) is 9.47 Å². The Morgan fingerprint density at radius 1 is 1.18 bits per heavy atom. The molecule has 2 heterocycles. The van der Waals surface area contributed by atoms with Crippen molar-refractivity contribution in [3.05, 3.63) is 36.0 Å². The van der Waals surface area contributed by atoms with E-state index in [0.717, 1.165) is 61.6 Å². The molecule has 152 valence electrons. The van der Waals surface area contributed by atoms with Gasteiger partial charge >= 0.3 is 6.09 Å². The van der Waals surface area contributed by atoms with Gasteiger partial charge in [0.15, 0.2) is 6.29 Å². The average molecular weight is 385 g/mol. The molecule has 0 spiro atoms. The molecule has 0 saturated carbocycles. The lowest BCUT2D eigenvalue weighted by molar-refractivity contribution is 0.0180. The van der Waals surface area contributed by atoms with Gasteiger partial charge in [-0.15, -0.1) is 0 Å². The zero-order valence-corrected chi connectivity index (χ0v) is 17.3. The summed E-state index contributed by atoms with van der Waals surface area (Å²) in [6, 6.07) is 7.92. The number of likely N-dealkylation sites (tertiary alicyclic amines) is 1. The summed E-state index contributed by atoms with van der Waals surface area (Å²) in [7, 11) is 0. The van der Waals surface area contributed by atoms with Crippen LogP contribution in [0.3, 0.4) is 0 Å². The molecule has 1 aromatic carbocycles. The Morgan fingerprint density at radius 3 is 2.61 bits per heavy atom. The van der Waals surface area contributed by atoms with Crippen LogP contribution in [0.25, 0.3) is 10.9 Å². The lowest BCUT2D eigenvalue weighted by Gasteiger charge is -2.33. The summed E-state index contributed by atoms with van der Waals surface area (Å²) in [4.78, 5) is 25.1. The van der Waals surface area contributed by atoms with Gasteiger partial charge in [0.05, 0.1) is 0 Å². The van der Waals surface area contributed by atoms with Crippen molar-refractivity contribution in [2.45, 2.75) is 65.0 Å². The van der Waals surface area contributed by atoms with Crippen LogP contribution in [0.15, 0.2) is 30.5 Å². The summed E-state index contributed by atoms with van der Waals surface area (Å²) in [5.41, 5.74) is 1.46. The van der Waals surface area contributed by atoms with E-state index in [1.165, 1.54) is 12.8 Å². The molecule has 5 nitrogen and oxygen atoms in total. The molecular formula is C23H32N2O3. The number of aryl methyl sites for hydroxylation is 1. The highest BCUT2D eigenvalue weighted by atomic mass is 16.6. The molecule has 0 bridgehead atoms. The van der Waals surface area contributed by atoms with E-state index in [4.69, 9.17) is 4.74 Å². The van der Waals surface area contributed by atoms with Crippen molar-refractivity contribution in [2.75, 3.05) is 13.1 Å². The molecule has 0 aliphatic carbocycles. The highest BCUT2D eigenvalue weighted by molar-refractivity contribution is 5.97. The molecule has 1 aliphatic rings.